The number of rotatable bonds is 4. The molecule has 0 bridgehead atoms. The molecule has 3 rings (SSSR count). The third-order valence-electron chi connectivity index (χ3n) is 3.63. The summed E-state index contributed by atoms with van der Waals surface area (Å²) >= 11 is 0. The van der Waals surface area contributed by atoms with Crippen LogP contribution >= 0.6 is 0 Å². The Morgan fingerprint density at radius 1 is 0.913 bits per heavy atom. The Morgan fingerprint density at radius 2 is 1.57 bits per heavy atom. The summed E-state index contributed by atoms with van der Waals surface area (Å²) in [6, 6.07) is 15.9. The lowest BCUT2D eigenvalue weighted by Gasteiger charge is -2.13. The highest BCUT2D eigenvalue weighted by Crippen LogP contribution is 2.08. The molecule has 2 N–H and O–H groups in total. The number of hydrogen-bond donors (Lipinski definition) is 1. The molecule has 0 aliphatic heterocycles. The van der Waals surface area contributed by atoms with Crippen molar-refractivity contribution in [1.29, 1.82) is 0 Å². The Hall–Kier alpha value is -3.15. The highest BCUT2D eigenvalue weighted by molar-refractivity contribution is 5.80. The van der Waals surface area contributed by atoms with Crippen LogP contribution in [-0.2, 0) is 17.9 Å². The minimum absolute atomic E-state index is 0.141. The van der Waals surface area contributed by atoms with E-state index < -0.39 is 11.6 Å². The molecule has 1 aromatic heterocycles. The van der Waals surface area contributed by atoms with Crippen LogP contribution in [0.3, 0.4) is 0 Å². The Balaban J connectivity index is 2.27. The summed E-state index contributed by atoms with van der Waals surface area (Å²) in [6.45, 7) is -0.128. The first-order valence-corrected chi connectivity index (χ1v) is 7.12. The zero-order valence-electron chi connectivity index (χ0n) is 12.3. The smallest absolute Gasteiger partial charge is 0.332 e. The Kier molecular flexibility index (Phi) is 3.80. The van der Waals surface area contributed by atoms with Crippen molar-refractivity contribution in [3.05, 3.63) is 81.0 Å². The van der Waals surface area contributed by atoms with Gasteiger partial charge in [-0.2, -0.15) is 0 Å². The predicted octanol–water partition coefficient (Wildman–Crippen LogP) is 0.697. The van der Waals surface area contributed by atoms with Crippen LogP contribution in [0.15, 0.2) is 64.2 Å². The summed E-state index contributed by atoms with van der Waals surface area (Å²) in [5.74, 6) is -0.637. The van der Waals surface area contributed by atoms with E-state index in [2.05, 4.69) is 0 Å². The lowest BCUT2D eigenvalue weighted by molar-refractivity contribution is -0.118. The molecule has 0 saturated carbocycles. The van der Waals surface area contributed by atoms with Crippen molar-refractivity contribution in [3.63, 3.8) is 0 Å². The number of benzene rings is 2. The van der Waals surface area contributed by atoms with Crippen molar-refractivity contribution >= 4 is 16.8 Å². The van der Waals surface area contributed by atoms with Crippen molar-refractivity contribution in [2.24, 2.45) is 5.73 Å². The van der Waals surface area contributed by atoms with E-state index in [9.17, 15) is 14.4 Å². The van der Waals surface area contributed by atoms with E-state index in [1.807, 2.05) is 30.3 Å². The Morgan fingerprint density at radius 3 is 2.26 bits per heavy atom. The highest BCUT2D eigenvalue weighted by Gasteiger charge is 2.14. The number of amides is 1. The molecule has 116 valence electrons. The molecule has 0 aliphatic carbocycles. The third-order valence-corrected chi connectivity index (χ3v) is 3.63. The van der Waals surface area contributed by atoms with Crippen molar-refractivity contribution in [3.8, 4) is 0 Å². The van der Waals surface area contributed by atoms with Crippen LogP contribution in [0, 0.1) is 0 Å². The number of aromatic nitrogens is 2. The molecule has 3 aromatic rings. The fourth-order valence-electron chi connectivity index (χ4n) is 2.58. The molecule has 1 amide bonds. The molecule has 1 heterocycles. The van der Waals surface area contributed by atoms with Gasteiger partial charge in [0.1, 0.15) is 6.54 Å². The lowest BCUT2D eigenvalue weighted by atomic mass is 10.2. The van der Waals surface area contributed by atoms with E-state index in [4.69, 9.17) is 5.73 Å². The van der Waals surface area contributed by atoms with Crippen molar-refractivity contribution < 1.29 is 4.79 Å². The van der Waals surface area contributed by atoms with Gasteiger partial charge in [0.25, 0.3) is 5.56 Å². The number of primary amides is 1. The SMILES string of the molecule is NC(=O)Cn1c(=O)n(Cc2ccccc2)c(=O)c2ccccc21. The summed E-state index contributed by atoms with van der Waals surface area (Å²) in [4.78, 5) is 36.6. The molecular formula is C17H15N3O3. The van der Waals surface area contributed by atoms with Crippen LogP contribution < -0.4 is 17.0 Å². The first-order valence-electron chi connectivity index (χ1n) is 7.12. The summed E-state index contributed by atoms with van der Waals surface area (Å²) in [5.41, 5.74) is 5.55. The van der Waals surface area contributed by atoms with Gasteiger partial charge in [-0.25, -0.2) is 4.79 Å². The number of hydrogen-bond acceptors (Lipinski definition) is 3. The zero-order valence-corrected chi connectivity index (χ0v) is 12.3. The Bertz CT molecular complexity index is 987. The average Bonchev–Trinajstić information content (AvgIpc) is 2.56. The van der Waals surface area contributed by atoms with Crippen LogP contribution in [-0.4, -0.2) is 15.0 Å². The standard InChI is InChI=1S/C17H15N3O3/c18-15(21)11-19-14-9-5-4-8-13(14)16(22)20(17(19)23)10-12-6-2-1-3-7-12/h1-9H,10-11H2,(H2,18,21). The van der Waals surface area contributed by atoms with E-state index in [0.717, 1.165) is 10.1 Å². The maximum Gasteiger partial charge on any atom is 0.332 e. The summed E-state index contributed by atoms with van der Waals surface area (Å²) < 4.78 is 2.36. The largest absolute Gasteiger partial charge is 0.368 e. The molecule has 23 heavy (non-hydrogen) atoms. The number of nitrogens with zero attached hydrogens (tertiary/aromatic N) is 2. The van der Waals surface area contributed by atoms with Gasteiger partial charge in [0.2, 0.25) is 5.91 Å². The van der Waals surface area contributed by atoms with Gasteiger partial charge in [-0.15, -0.1) is 0 Å². The van der Waals surface area contributed by atoms with Crippen molar-refractivity contribution in [2.45, 2.75) is 13.1 Å². The predicted molar refractivity (Wildman–Crippen MR) is 87.2 cm³/mol. The van der Waals surface area contributed by atoms with Crippen molar-refractivity contribution in [2.75, 3.05) is 0 Å². The van der Waals surface area contributed by atoms with Gasteiger partial charge in [-0.05, 0) is 17.7 Å². The quantitative estimate of drug-likeness (QED) is 0.769. The van der Waals surface area contributed by atoms with Gasteiger partial charge >= 0.3 is 5.69 Å². The maximum atomic E-state index is 12.7. The number of para-hydroxylation sites is 1. The second-order valence-electron chi connectivity index (χ2n) is 5.23. The van der Waals surface area contributed by atoms with Gasteiger partial charge in [-0.1, -0.05) is 42.5 Å². The molecule has 6 heteroatoms. The maximum absolute atomic E-state index is 12.7. The molecule has 0 spiro atoms. The summed E-state index contributed by atoms with van der Waals surface area (Å²) in [6.07, 6.45) is 0. The van der Waals surface area contributed by atoms with Gasteiger partial charge in [0.15, 0.2) is 0 Å². The zero-order chi connectivity index (χ0) is 16.4. The molecule has 0 aliphatic rings. The molecular weight excluding hydrogens is 294 g/mol. The van der Waals surface area contributed by atoms with E-state index in [0.29, 0.717) is 10.9 Å². The molecule has 0 saturated heterocycles. The second-order valence-corrected chi connectivity index (χ2v) is 5.23. The first-order chi connectivity index (χ1) is 11.1. The van der Waals surface area contributed by atoms with Gasteiger partial charge < -0.3 is 5.73 Å². The summed E-state index contributed by atoms with van der Waals surface area (Å²) in [5, 5.41) is 0.379. The van der Waals surface area contributed by atoms with E-state index >= 15 is 0 Å². The molecule has 0 atom stereocenters. The molecule has 6 nitrogen and oxygen atoms in total. The minimum atomic E-state index is -0.637. The van der Waals surface area contributed by atoms with Crippen LogP contribution in [0.1, 0.15) is 5.56 Å². The van der Waals surface area contributed by atoms with Crippen molar-refractivity contribution in [1.82, 2.24) is 9.13 Å². The molecule has 0 radical (unpaired) electrons. The average molecular weight is 309 g/mol. The number of carbonyl (C=O) groups is 1. The monoisotopic (exact) mass is 309 g/mol. The number of nitrogens with two attached hydrogens (primary N) is 1. The number of fused-ring (bicyclic) bond motifs is 1. The van der Waals surface area contributed by atoms with Gasteiger partial charge in [-0.3, -0.25) is 18.7 Å². The fourth-order valence-corrected chi connectivity index (χ4v) is 2.58. The lowest BCUT2D eigenvalue weighted by Crippen LogP contribution is -2.42. The molecule has 0 unspecified atom stereocenters. The van der Waals surface area contributed by atoms with Crippen LogP contribution in [0.2, 0.25) is 0 Å². The minimum Gasteiger partial charge on any atom is -0.368 e. The van der Waals surface area contributed by atoms with Gasteiger partial charge in [0.05, 0.1) is 17.4 Å². The van der Waals surface area contributed by atoms with Crippen LogP contribution in [0.25, 0.3) is 10.9 Å². The fraction of sp³-hybridized carbons (Fsp3) is 0.118. The normalized spacial score (nSPS) is 10.8. The first kappa shape index (κ1) is 14.8. The summed E-state index contributed by atoms with van der Waals surface area (Å²) in [7, 11) is 0. The van der Waals surface area contributed by atoms with Gasteiger partial charge in [0, 0.05) is 0 Å². The van der Waals surface area contributed by atoms with E-state index in [-0.39, 0.29) is 18.6 Å². The molecule has 2 aromatic carbocycles. The van der Waals surface area contributed by atoms with E-state index in [1.165, 1.54) is 4.57 Å². The third kappa shape index (κ3) is 2.78. The molecule has 0 fully saturated rings. The van der Waals surface area contributed by atoms with Crippen LogP contribution in [0.4, 0.5) is 0 Å². The van der Waals surface area contributed by atoms with E-state index in [1.54, 1.807) is 24.3 Å². The highest BCUT2D eigenvalue weighted by atomic mass is 16.2. The Labute approximate surface area is 131 Å². The van der Waals surface area contributed by atoms with Crippen LogP contribution in [0.5, 0.6) is 0 Å². The number of carbonyl (C=O) groups excluding carboxylic acids is 1. The topological polar surface area (TPSA) is 87.1 Å². The second kappa shape index (κ2) is 5.92.